The highest BCUT2D eigenvalue weighted by molar-refractivity contribution is 5.39. The van der Waals surface area contributed by atoms with Crippen molar-refractivity contribution in [2.75, 3.05) is 43.6 Å². The van der Waals surface area contributed by atoms with E-state index in [0.717, 1.165) is 25.9 Å². The largest absolute Gasteiger partial charge is 0.368 e. The lowest BCUT2D eigenvalue weighted by Gasteiger charge is -2.35. The van der Waals surface area contributed by atoms with Gasteiger partial charge in [-0.3, -0.25) is 0 Å². The zero-order chi connectivity index (χ0) is 12.4. The third kappa shape index (κ3) is 2.73. The Hall–Kier alpha value is -1.63. The maximum atomic E-state index is 5.57. The summed E-state index contributed by atoms with van der Waals surface area (Å²) in [6, 6.07) is 0.437. The van der Waals surface area contributed by atoms with E-state index in [1.807, 2.05) is 11.9 Å². The van der Waals surface area contributed by atoms with Crippen LogP contribution in [0.25, 0.3) is 0 Å². The summed E-state index contributed by atoms with van der Waals surface area (Å²) in [4.78, 5) is 16.4. The summed E-state index contributed by atoms with van der Waals surface area (Å²) in [6.45, 7) is 2.18. The fourth-order valence-corrected chi connectivity index (χ4v) is 2.10. The second-order valence-electron chi connectivity index (χ2n) is 4.50. The normalized spacial score (nSPS) is 18.2. The van der Waals surface area contributed by atoms with Gasteiger partial charge in [0, 0.05) is 13.1 Å². The lowest BCUT2D eigenvalue weighted by molar-refractivity contribution is 0.252. The minimum absolute atomic E-state index is 0.173. The highest BCUT2D eigenvalue weighted by Gasteiger charge is 2.22. The van der Waals surface area contributed by atoms with E-state index in [2.05, 4.69) is 26.9 Å². The molecular formula is C10H19N7. The van der Waals surface area contributed by atoms with Crippen molar-refractivity contribution in [3.8, 4) is 0 Å². The van der Waals surface area contributed by atoms with Gasteiger partial charge in [0.15, 0.2) is 0 Å². The third-order valence-corrected chi connectivity index (χ3v) is 3.21. The lowest BCUT2D eigenvalue weighted by Crippen LogP contribution is -2.42. The fourth-order valence-electron chi connectivity index (χ4n) is 2.10. The molecule has 1 fully saturated rings. The number of nitrogens with two attached hydrogens (primary N) is 2. The second kappa shape index (κ2) is 4.70. The minimum atomic E-state index is 0.173. The SMILES string of the molecule is CN1CCC(N(C)c2nc(N)nc(N)n2)CC1. The van der Waals surface area contributed by atoms with Gasteiger partial charge in [0.1, 0.15) is 0 Å². The van der Waals surface area contributed by atoms with Gasteiger partial charge in [-0.15, -0.1) is 0 Å². The summed E-state index contributed by atoms with van der Waals surface area (Å²) in [5.41, 5.74) is 11.1. The third-order valence-electron chi connectivity index (χ3n) is 3.21. The Labute approximate surface area is 101 Å². The van der Waals surface area contributed by atoms with Gasteiger partial charge in [0.25, 0.3) is 0 Å². The molecule has 0 amide bonds. The molecule has 7 nitrogen and oxygen atoms in total. The van der Waals surface area contributed by atoms with Crippen LogP contribution in [-0.4, -0.2) is 53.1 Å². The molecule has 0 spiro atoms. The second-order valence-corrected chi connectivity index (χ2v) is 4.50. The van der Waals surface area contributed by atoms with E-state index in [4.69, 9.17) is 11.5 Å². The van der Waals surface area contributed by atoms with Crippen LogP contribution in [0.1, 0.15) is 12.8 Å². The van der Waals surface area contributed by atoms with Gasteiger partial charge in [0.05, 0.1) is 0 Å². The van der Waals surface area contributed by atoms with Crippen LogP contribution in [0.4, 0.5) is 17.8 Å². The van der Waals surface area contributed by atoms with E-state index >= 15 is 0 Å². The van der Waals surface area contributed by atoms with Crippen molar-refractivity contribution in [2.24, 2.45) is 0 Å². The number of likely N-dealkylation sites (tertiary alicyclic amines) is 1. The number of nitrogen functional groups attached to an aromatic ring is 2. The summed E-state index contributed by atoms with van der Waals surface area (Å²) in [7, 11) is 4.11. The van der Waals surface area contributed by atoms with E-state index in [9.17, 15) is 0 Å². The monoisotopic (exact) mass is 237 g/mol. The Morgan fingerprint density at radius 3 is 2.18 bits per heavy atom. The molecule has 1 aliphatic rings. The molecule has 94 valence electrons. The van der Waals surface area contributed by atoms with E-state index in [0.29, 0.717) is 12.0 Å². The van der Waals surface area contributed by atoms with Crippen LogP contribution in [0.3, 0.4) is 0 Å². The molecule has 17 heavy (non-hydrogen) atoms. The summed E-state index contributed by atoms with van der Waals surface area (Å²) < 4.78 is 0. The van der Waals surface area contributed by atoms with Crippen LogP contribution in [0, 0.1) is 0 Å². The molecule has 2 heterocycles. The average molecular weight is 237 g/mol. The zero-order valence-corrected chi connectivity index (χ0v) is 10.3. The molecule has 1 aromatic heterocycles. The van der Waals surface area contributed by atoms with Crippen LogP contribution in [-0.2, 0) is 0 Å². The predicted octanol–water partition coefficient (Wildman–Crippen LogP) is -0.434. The molecule has 0 aliphatic carbocycles. The van der Waals surface area contributed by atoms with E-state index in [1.165, 1.54) is 0 Å². The van der Waals surface area contributed by atoms with E-state index in [1.54, 1.807) is 0 Å². The molecule has 2 rings (SSSR count). The molecule has 1 aromatic rings. The predicted molar refractivity (Wildman–Crippen MR) is 67.6 cm³/mol. The molecule has 0 unspecified atom stereocenters. The first kappa shape index (κ1) is 11.8. The highest BCUT2D eigenvalue weighted by atomic mass is 15.3. The standard InChI is InChI=1S/C10H19N7/c1-16-5-3-7(4-6-16)17(2)10-14-8(11)13-9(12)15-10/h7H,3-6H2,1-2H3,(H4,11,12,13,14,15). The van der Waals surface area contributed by atoms with Crippen molar-refractivity contribution >= 4 is 17.8 Å². The number of piperidine rings is 1. The van der Waals surface area contributed by atoms with Crippen LogP contribution in [0.15, 0.2) is 0 Å². The van der Waals surface area contributed by atoms with Gasteiger partial charge in [-0.05, 0) is 33.0 Å². The number of anilines is 3. The first-order valence-corrected chi connectivity index (χ1v) is 5.74. The minimum Gasteiger partial charge on any atom is -0.368 e. The molecular weight excluding hydrogens is 218 g/mol. The van der Waals surface area contributed by atoms with Crippen molar-refractivity contribution < 1.29 is 0 Å². The Bertz CT molecular complexity index is 366. The fraction of sp³-hybridized carbons (Fsp3) is 0.700. The van der Waals surface area contributed by atoms with Crippen LogP contribution in [0.5, 0.6) is 0 Å². The molecule has 0 atom stereocenters. The Morgan fingerprint density at radius 1 is 1.12 bits per heavy atom. The Balaban J connectivity index is 2.10. The van der Waals surface area contributed by atoms with E-state index < -0.39 is 0 Å². The molecule has 4 N–H and O–H groups in total. The Kier molecular flexibility index (Phi) is 3.28. The zero-order valence-electron chi connectivity index (χ0n) is 10.3. The summed E-state index contributed by atoms with van der Waals surface area (Å²) in [5, 5.41) is 0. The lowest BCUT2D eigenvalue weighted by atomic mass is 10.0. The Morgan fingerprint density at radius 2 is 1.65 bits per heavy atom. The number of hydrogen-bond donors (Lipinski definition) is 2. The smallest absolute Gasteiger partial charge is 0.231 e. The van der Waals surface area contributed by atoms with Gasteiger partial charge in [-0.1, -0.05) is 0 Å². The molecule has 7 heteroatoms. The molecule has 0 aromatic carbocycles. The van der Waals surface area contributed by atoms with Crippen LogP contribution in [0.2, 0.25) is 0 Å². The van der Waals surface area contributed by atoms with Gasteiger partial charge >= 0.3 is 0 Å². The van der Waals surface area contributed by atoms with Crippen molar-refractivity contribution in [3.63, 3.8) is 0 Å². The number of rotatable bonds is 2. The van der Waals surface area contributed by atoms with Gasteiger partial charge in [-0.25, -0.2) is 0 Å². The first-order valence-electron chi connectivity index (χ1n) is 5.74. The molecule has 0 radical (unpaired) electrons. The van der Waals surface area contributed by atoms with Crippen LogP contribution >= 0.6 is 0 Å². The number of nitrogens with zero attached hydrogens (tertiary/aromatic N) is 5. The maximum Gasteiger partial charge on any atom is 0.231 e. The summed E-state index contributed by atoms with van der Waals surface area (Å²) in [5.74, 6) is 0.907. The van der Waals surface area contributed by atoms with Crippen LogP contribution < -0.4 is 16.4 Å². The summed E-state index contributed by atoms with van der Waals surface area (Å²) >= 11 is 0. The van der Waals surface area contributed by atoms with Crippen molar-refractivity contribution in [3.05, 3.63) is 0 Å². The maximum absolute atomic E-state index is 5.57. The van der Waals surface area contributed by atoms with Gasteiger partial charge < -0.3 is 21.3 Å². The topological polar surface area (TPSA) is 97.2 Å². The number of hydrogen-bond acceptors (Lipinski definition) is 7. The quantitative estimate of drug-likeness (QED) is 0.720. The van der Waals surface area contributed by atoms with Gasteiger partial charge in [-0.2, -0.15) is 15.0 Å². The first-order chi connectivity index (χ1) is 8.06. The molecule has 0 bridgehead atoms. The van der Waals surface area contributed by atoms with Gasteiger partial charge in [0.2, 0.25) is 17.8 Å². The highest BCUT2D eigenvalue weighted by Crippen LogP contribution is 2.19. The number of aromatic nitrogens is 3. The molecule has 1 aliphatic heterocycles. The molecule has 0 saturated carbocycles. The average Bonchev–Trinajstić information content (AvgIpc) is 2.28. The van der Waals surface area contributed by atoms with Crippen molar-refractivity contribution in [2.45, 2.75) is 18.9 Å². The summed E-state index contributed by atoms with van der Waals surface area (Å²) in [6.07, 6.45) is 2.19. The van der Waals surface area contributed by atoms with Crippen molar-refractivity contribution in [1.29, 1.82) is 0 Å². The van der Waals surface area contributed by atoms with Crippen molar-refractivity contribution in [1.82, 2.24) is 19.9 Å². The van der Waals surface area contributed by atoms with E-state index in [-0.39, 0.29) is 11.9 Å². The molecule has 1 saturated heterocycles.